The van der Waals surface area contributed by atoms with E-state index in [0.29, 0.717) is 6.42 Å². The fourth-order valence-electron chi connectivity index (χ4n) is 1.33. The summed E-state index contributed by atoms with van der Waals surface area (Å²) in [5, 5.41) is 8.75. The summed E-state index contributed by atoms with van der Waals surface area (Å²) in [7, 11) is 0. The van der Waals surface area contributed by atoms with Crippen molar-refractivity contribution >= 4 is 5.65 Å². The number of aliphatic hydroxyl groups excluding tert-OH is 1. The van der Waals surface area contributed by atoms with Crippen molar-refractivity contribution in [3.8, 4) is 0 Å². The third-order valence-corrected chi connectivity index (χ3v) is 2.10. The van der Waals surface area contributed by atoms with Gasteiger partial charge in [-0.3, -0.25) is 4.98 Å². The molecule has 0 aliphatic carbocycles. The van der Waals surface area contributed by atoms with Crippen molar-refractivity contribution in [3.05, 3.63) is 30.5 Å². The Labute approximate surface area is 81.2 Å². The van der Waals surface area contributed by atoms with Crippen LogP contribution in [0.3, 0.4) is 0 Å². The first-order chi connectivity index (χ1) is 6.81. The average molecular weight is 192 g/mol. The zero-order valence-corrected chi connectivity index (χ0v) is 7.67. The summed E-state index contributed by atoms with van der Waals surface area (Å²) in [5.41, 5.74) is 7.37. The predicted molar refractivity (Wildman–Crippen MR) is 51.6 cm³/mol. The number of rotatable bonds is 3. The molecule has 2 aromatic heterocycles. The van der Waals surface area contributed by atoms with Crippen LogP contribution in [0.5, 0.6) is 0 Å². The molecule has 0 radical (unpaired) electrons. The number of hydrogen-bond donors (Lipinski definition) is 2. The summed E-state index contributed by atoms with van der Waals surface area (Å²) < 4.78 is 1.86. The van der Waals surface area contributed by atoms with Gasteiger partial charge in [-0.2, -0.15) is 0 Å². The Kier molecular flexibility index (Phi) is 2.43. The van der Waals surface area contributed by atoms with Gasteiger partial charge in [0.2, 0.25) is 0 Å². The molecule has 2 heterocycles. The van der Waals surface area contributed by atoms with E-state index in [1.54, 1.807) is 12.4 Å². The Bertz CT molecular complexity index is 392. The fraction of sp³-hybridized carbons (Fsp3) is 0.333. The lowest BCUT2D eigenvalue weighted by atomic mass is 10.2. The molecule has 2 rings (SSSR count). The number of fused-ring (bicyclic) bond motifs is 1. The SMILES string of the molecule is NC(CCO)c1cn2ccncc2n1. The molecule has 0 aliphatic rings. The molecule has 5 heteroatoms. The third kappa shape index (κ3) is 1.59. The van der Waals surface area contributed by atoms with Crippen molar-refractivity contribution < 1.29 is 5.11 Å². The van der Waals surface area contributed by atoms with Crippen LogP contribution in [0.1, 0.15) is 18.2 Å². The molecular formula is C9H12N4O. The Morgan fingerprint density at radius 2 is 2.43 bits per heavy atom. The van der Waals surface area contributed by atoms with E-state index in [2.05, 4.69) is 9.97 Å². The molecule has 0 fully saturated rings. The van der Waals surface area contributed by atoms with Crippen molar-refractivity contribution in [1.82, 2.24) is 14.4 Å². The first-order valence-corrected chi connectivity index (χ1v) is 4.46. The van der Waals surface area contributed by atoms with Gasteiger partial charge in [0.25, 0.3) is 0 Å². The van der Waals surface area contributed by atoms with Gasteiger partial charge >= 0.3 is 0 Å². The summed E-state index contributed by atoms with van der Waals surface area (Å²) in [6.07, 6.45) is 7.57. The molecule has 0 amide bonds. The third-order valence-electron chi connectivity index (χ3n) is 2.10. The molecule has 0 saturated heterocycles. The molecule has 0 aliphatic heterocycles. The predicted octanol–water partition coefficient (Wildman–Crippen LogP) is 0.111. The molecule has 0 bridgehead atoms. The van der Waals surface area contributed by atoms with Crippen LogP contribution >= 0.6 is 0 Å². The van der Waals surface area contributed by atoms with Crippen LogP contribution in [0.15, 0.2) is 24.8 Å². The van der Waals surface area contributed by atoms with Crippen LogP contribution in [0.4, 0.5) is 0 Å². The van der Waals surface area contributed by atoms with Gasteiger partial charge < -0.3 is 15.2 Å². The van der Waals surface area contributed by atoms with Crippen molar-refractivity contribution in [2.75, 3.05) is 6.61 Å². The smallest absolute Gasteiger partial charge is 0.155 e. The maximum absolute atomic E-state index is 8.75. The largest absolute Gasteiger partial charge is 0.396 e. The molecule has 1 atom stereocenters. The van der Waals surface area contributed by atoms with Crippen LogP contribution in [0.25, 0.3) is 5.65 Å². The molecule has 14 heavy (non-hydrogen) atoms. The Balaban J connectivity index is 2.35. The lowest BCUT2D eigenvalue weighted by molar-refractivity contribution is 0.276. The minimum atomic E-state index is -0.208. The second kappa shape index (κ2) is 3.73. The number of aromatic nitrogens is 3. The molecule has 2 aromatic rings. The highest BCUT2D eigenvalue weighted by atomic mass is 16.3. The van der Waals surface area contributed by atoms with Gasteiger partial charge in [-0.25, -0.2) is 4.98 Å². The molecule has 1 unspecified atom stereocenters. The van der Waals surface area contributed by atoms with Gasteiger partial charge in [-0.05, 0) is 6.42 Å². The molecule has 5 nitrogen and oxygen atoms in total. The topological polar surface area (TPSA) is 76.4 Å². The zero-order chi connectivity index (χ0) is 9.97. The lowest BCUT2D eigenvalue weighted by Gasteiger charge is -2.04. The van der Waals surface area contributed by atoms with Gasteiger partial charge in [-0.15, -0.1) is 0 Å². The summed E-state index contributed by atoms with van der Waals surface area (Å²) in [6.45, 7) is 0.0767. The van der Waals surface area contributed by atoms with E-state index in [1.165, 1.54) is 0 Å². The van der Waals surface area contributed by atoms with Crippen LogP contribution in [-0.2, 0) is 0 Å². The normalized spacial score (nSPS) is 13.3. The Morgan fingerprint density at radius 1 is 1.57 bits per heavy atom. The van der Waals surface area contributed by atoms with Crippen molar-refractivity contribution in [2.45, 2.75) is 12.5 Å². The highest BCUT2D eigenvalue weighted by Crippen LogP contribution is 2.12. The van der Waals surface area contributed by atoms with Crippen LogP contribution < -0.4 is 5.73 Å². The number of hydrogen-bond acceptors (Lipinski definition) is 4. The minimum absolute atomic E-state index is 0.0767. The first kappa shape index (κ1) is 9.11. The van der Waals surface area contributed by atoms with E-state index >= 15 is 0 Å². The highest BCUT2D eigenvalue weighted by Gasteiger charge is 2.09. The standard InChI is InChI=1S/C9H12N4O/c10-7(1-4-14)8-6-13-3-2-11-5-9(13)12-8/h2-3,5-7,14H,1,4,10H2. The Morgan fingerprint density at radius 3 is 3.14 bits per heavy atom. The molecule has 0 saturated carbocycles. The van der Waals surface area contributed by atoms with E-state index in [1.807, 2.05) is 16.8 Å². The maximum Gasteiger partial charge on any atom is 0.155 e. The number of aliphatic hydroxyl groups is 1. The second-order valence-electron chi connectivity index (χ2n) is 3.13. The number of imidazole rings is 1. The summed E-state index contributed by atoms with van der Waals surface area (Å²) in [6, 6.07) is -0.208. The average Bonchev–Trinajstić information content (AvgIpc) is 2.61. The summed E-state index contributed by atoms with van der Waals surface area (Å²) >= 11 is 0. The van der Waals surface area contributed by atoms with Crippen molar-refractivity contribution in [2.24, 2.45) is 5.73 Å². The fourth-order valence-corrected chi connectivity index (χ4v) is 1.33. The first-order valence-electron chi connectivity index (χ1n) is 4.46. The van der Waals surface area contributed by atoms with E-state index in [0.717, 1.165) is 11.3 Å². The molecular weight excluding hydrogens is 180 g/mol. The molecule has 0 spiro atoms. The quantitative estimate of drug-likeness (QED) is 0.723. The van der Waals surface area contributed by atoms with E-state index in [-0.39, 0.29) is 12.6 Å². The van der Waals surface area contributed by atoms with Crippen LogP contribution in [0.2, 0.25) is 0 Å². The highest BCUT2D eigenvalue weighted by molar-refractivity contribution is 5.37. The van der Waals surface area contributed by atoms with Crippen LogP contribution in [0, 0.1) is 0 Å². The lowest BCUT2D eigenvalue weighted by Crippen LogP contribution is -2.12. The van der Waals surface area contributed by atoms with Gasteiger partial charge in [-0.1, -0.05) is 0 Å². The van der Waals surface area contributed by atoms with Crippen molar-refractivity contribution in [1.29, 1.82) is 0 Å². The van der Waals surface area contributed by atoms with Crippen molar-refractivity contribution in [3.63, 3.8) is 0 Å². The summed E-state index contributed by atoms with van der Waals surface area (Å²) in [5.74, 6) is 0. The Hall–Kier alpha value is -1.46. The monoisotopic (exact) mass is 192 g/mol. The van der Waals surface area contributed by atoms with Gasteiger partial charge in [0.15, 0.2) is 5.65 Å². The molecule has 0 aromatic carbocycles. The second-order valence-corrected chi connectivity index (χ2v) is 3.13. The van der Waals surface area contributed by atoms with E-state index in [9.17, 15) is 0 Å². The molecule has 3 N–H and O–H groups in total. The number of nitrogens with zero attached hydrogens (tertiary/aromatic N) is 3. The number of nitrogens with two attached hydrogens (primary N) is 1. The van der Waals surface area contributed by atoms with Gasteiger partial charge in [0.05, 0.1) is 17.9 Å². The minimum Gasteiger partial charge on any atom is -0.396 e. The molecule has 74 valence electrons. The summed E-state index contributed by atoms with van der Waals surface area (Å²) in [4.78, 5) is 8.25. The van der Waals surface area contributed by atoms with Gasteiger partial charge in [0, 0.05) is 25.2 Å². The van der Waals surface area contributed by atoms with E-state index < -0.39 is 0 Å². The zero-order valence-electron chi connectivity index (χ0n) is 7.67. The maximum atomic E-state index is 8.75. The van der Waals surface area contributed by atoms with Gasteiger partial charge in [0.1, 0.15) is 0 Å². The van der Waals surface area contributed by atoms with E-state index in [4.69, 9.17) is 10.8 Å². The van der Waals surface area contributed by atoms with Crippen LogP contribution in [-0.4, -0.2) is 26.1 Å².